The molecule has 3 aromatic rings. The van der Waals surface area contributed by atoms with Crippen molar-refractivity contribution >= 4 is 5.69 Å². The van der Waals surface area contributed by atoms with Crippen LogP contribution in [-0.4, -0.2) is 28.1 Å². The Bertz CT molecular complexity index is 860. The van der Waals surface area contributed by atoms with Crippen LogP contribution in [-0.2, 0) is 17.7 Å². The molecule has 1 saturated heterocycles. The maximum atomic E-state index is 13.0. The summed E-state index contributed by atoms with van der Waals surface area (Å²) in [7, 11) is 0. The quantitative estimate of drug-likeness (QED) is 0.704. The van der Waals surface area contributed by atoms with Gasteiger partial charge in [-0.3, -0.25) is 0 Å². The Labute approximate surface area is 152 Å². The van der Waals surface area contributed by atoms with Gasteiger partial charge in [0.2, 0.25) is 0 Å². The van der Waals surface area contributed by atoms with Crippen molar-refractivity contribution in [1.82, 2.24) is 15.0 Å². The summed E-state index contributed by atoms with van der Waals surface area (Å²) in [5.41, 5.74) is 4.19. The van der Waals surface area contributed by atoms with Gasteiger partial charge in [0, 0.05) is 12.2 Å². The highest BCUT2D eigenvalue weighted by Gasteiger charge is 2.29. The minimum absolute atomic E-state index is 0.232. The van der Waals surface area contributed by atoms with Crippen LogP contribution in [0.25, 0.3) is 0 Å². The standard InChI is InChI=1S/C20H21FN4O/c1-2-15-5-9-18(10-6-15)25-11-12-26-20(25)19-14-24(23-22-19)13-16-3-7-17(21)8-4-16/h3-10,14,20H,2,11-13H2,1H3. The number of anilines is 1. The van der Waals surface area contributed by atoms with Crippen molar-refractivity contribution in [2.24, 2.45) is 0 Å². The number of hydrogen-bond donors (Lipinski definition) is 0. The number of aryl methyl sites for hydroxylation is 1. The highest BCUT2D eigenvalue weighted by Crippen LogP contribution is 2.31. The Morgan fingerprint density at radius 1 is 1.08 bits per heavy atom. The smallest absolute Gasteiger partial charge is 0.177 e. The van der Waals surface area contributed by atoms with E-state index in [1.54, 1.807) is 16.8 Å². The van der Waals surface area contributed by atoms with Crippen LogP contribution in [0, 0.1) is 5.82 Å². The van der Waals surface area contributed by atoms with E-state index >= 15 is 0 Å². The molecule has 1 fully saturated rings. The average Bonchev–Trinajstić information content (AvgIpc) is 3.33. The van der Waals surface area contributed by atoms with Crippen LogP contribution in [0.4, 0.5) is 10.1 Å². The Hall–Kier alpha value is -2.73. The van der Waals surface area contributed by atoms with Crippen LogP contribution in [0.1, 0.15) is 30.0 Å². The van der Waals surface area contributed by atoms with Crippen LogP contribution < -0.4 is 4.90 Å². The molecule has 5 nitrogen and oxygen atoms in total. The Morgan fingerprint density at radius 2 is 1.81 bits per heavy atom. The fraction of sp³-hybridized carbons (Fsp3) is 0.300. The van der Waals surface area contributed by atoms with E-state index < -0.39 is 0 Å². The lowest BCUT2D eigenvalue weighted by Crippen LogP contribution is -2.23. The lowest BCUT2D eigenvalue weighted by Gasteiger charge is -2.23. The van der Waals surface area contributed by atoms with Crippen molar-refractivity contribution < 1.29 is 9.13 Å². The molecular weight excluding hydrogens is 331 g/mol. The highest BCUT2D eigenvalue weighted by atomic mass is 19.1. The Kier molecular flexibility index (Phi) is 4.67. The summed E-state index contributed by atoms with van der Waals surface area (Å²) in [5, 5.41) is 8.49. The molecule has 1 atom stereocenters. The maximum Gasteiger partial charge on any atom is 0.177 e. The third-order valence-corrected chi connectivity index (χ3v) is 4.63. The van der Waals surface area contributed by atoms with Gasteiger partial charge < -0.3 is 9.64 Å². The fourth-order valence-electron chi connectivity index (χ4n) is 3.18. The lowest BCUT2D eigenvalue weighted by molar-refractivity contribution is 0.110. The van der Waals surface area contributed by atoms with Crippen molar-refractivity contribution in [3.8, 4) is 0 Å². The monoisotopic (exact) mass is 352 g/mol. The summed E-state index contributed by atoms with van der Waals surface area (Å²) in [4.78, 5) is 2.20. The van der Waals surface area contributed by atoms with Gasteiger partial charge in [0.1, 0.15) is 11.5 Å². The average molecular weight is 352 g/mol. The molecule has 1 aromatic heterocycles. The third kappa shape index (κ3) is 3.46. The number of hydrogen-bond acceptors (Lipinski definition) is 4. The maximum absolute atomic E-state index is 13.0. The van der Waals surface area contributed by atoms with Gasteiger partial charge in [-0.1, -0.05) is 36.4 Å². The second-order valence-corrected chi connectivity index (χ2v) is 6.40. The van der Waals surface area contributed by atoms with E-state index in [9.17, 15) is 4.39 Å². The number of aromatic nitrogens is 3. The topological polar surface area (TPSA) is 43.2 Å². The van der Waals surface area contributed by atoms with Gasteiger partial charge in [-0.25, -0.2) is 9.07 Å². The molecule has 2 aromatic carbocycles. The second-order valence-electron chi connectivity index (χ2n) is 6.40. The zero-order chi connectivity index (χ0) is 17.9. The first kappa shape index (κ1) is 16.7. The van der Waals surface area contributed by atoms with E-state index in [2.05, 4.69) is 46.4 Å². The molecule has 0 radical (unpaired) electrons. The molecule has 4 rings (SSSR count). The van der Waals surface area contributed by atoms with E-state index in [1.165, 1.54) is 17.7 Å². The SMILES string of the molecule is CCc1ccc(N2CCOC2c2cn(Cc3ccc(F)cc3)nn2)cc1. The van der Waals surface area contributed by atoms with E-state index in [-0.39, 0.29) is 12.0 Å². The highest BCUT2D eigenvalue weighted by molar-refractivity contribution is 5.49. The van der Waals surface area contributed by atoms with E-state index in [0.717, 1.165) is 29.9 Å². The van der Waals surface area contributed by atoms with E-state index in [1.807, 2.05) is 6.20 Å². The zero-order valence-corrected chi connectivity index (χ0v) is 14.7. The predicted octanol–water partition coefficient (Wildman–Crippen LogP) is 3.56. The van der Waals surface area contributed by atoms with Crippen molar-refractivity contribution in [3.05, 3.63) is 77.4 Å². The first-order chi connectivity index (χ1) is 12.7. The van der Waals surface area contributed by atoms with Crippen LogP contribution >= 0.6 is 0 Å². The van der Waals surface area contributed by atoms with Gasteiger partial charge in [-0.15, -0.1) is 5.10 Å². The van der Waals surface area contributed by atoms with Crippen molar-refractivity contribution in [1.29, 1.82) is 0 Å². The summed E-state index contributed by atoms with van der Waals surface area (Å²) in [6, 6.07) is 15.0. The number of nitrogens with zero attached hydrogens (tertiary/aromatic N) is 4. The summed E-state index contributed by atoms with van der Waals surface area (Å²) < 4.78 is 20.7. The Balaban J connectivity index is 1.51. The molecule has 134 valence electrons. The van der Waals surface area contributed by atoms with Gasteiger partial charge in [0.05, 0.1) is 19.3 Å². The van der Waals surface area contributed by atoms with Gasteiger partial charge in [0.15, 0.2) is 6.23 Å². The first-order valence-electron chi connectivity index (χ1n) is 8.84. The van der Waals surface area contributed by atoms with Crippen molar-refractivity contribution in [2.75, 3.05) is 18.1 Å². The summed E-state index contributed by atoms with van der Waals surface area (Å²) in [6.45, 7) is 4.17. The summed E-state index contributed by atoms with van der Waals surface area (Å²) in [6.07, 6.45) is 2.69. The summed E-state index contributed by atoms with van der Waals surface area (Å²) in [5.74, 6) is -0.239. The predicted molar refractivity (Wildman–Crippen MR) is 97.4 cm³/mol. The normalized spacial score (nSPS) is 17.0. The minimum atomic E-state index is -0.239. The van der Waals surface area contributed by atoms with E-state index in [4.69, 9.17) is 4.74 Å². The number of rotatable bonds is 5. The second kappa shape index (κ2) is 7.25. The molecule has 6 heteroatoms. The molecule has 0 N–H and O–H groups in total. The number of benzene rings is 2. The largest absolute Gasteiger partial charge is 0.350 e. The molecule has 0 amide bonds. The molecule has 0 spiro atoms. The van der Waals surface area contributed by atoms with Gasteiger partial charge in [-0.2, -0.15) is 0 Å². The lowest BCUT2D eigenvalue weighted by atomic mass is 10.1. The molecule has 2 heterocycles. The zero-order valence-electron chi connectivity index (χ0n) is 14.7. The molecule has 1 unspecified atom stereocenters. The molecule has 0 aliphatic carbocycles. The minimum Gasteiger partial charge on any atom is -0.350 e. The summed E-state index contributed by atoms with van der Waals surface area (Å²) >= 11 is 0. The molecule has 26 heavy (non-hydrogen) atoms. The first-order valence-corrected chi connectivity index (χ1v) is 8.84. The van der Waals surface area contributed by atoms with E-state index in [0.29, 0.717) is 13.2 Å². The van der Waals surface area contributed by atoms with Gasteiger partial charge >= 0.3 is 0 Å². The number of ether oxygens (including phenoxy) is 1. The molecule has 1 aliphatic heterocycles. The molecule has 0 saturated carbocycles. The van der Waals surface area contributed by atoms with Gasteiger partial charge in [0.25, 0.3) is 0 Å². The van der Waals surface area contributed by atoms with Crippen molar-refractivity contribution in [3.63, 3.8) is 0 Å². The van der Waals surface area contributed by atoms with Crippen LogP contribution in [0.5, 0.6) is 0 Å². The molecule has 0 bridgehead atoms. The van der Waals surface area contributed by atoms with Crippen LogP contribution in [0.3, 0.4) is 0 Å². The van der Waals surface area contributed by atoms with Crippen LogP contribution in [0.2, 0.25) is 0 Å². The Morgan fingerprint density at radius 3 is 2.54 bits per heavy atom. The molecule has 1 aliphatic rings. The molecular formula is C20H21FN4O. The van der Waals surface area contributed by atoms with Crippen LogP contribution in [0.15, 0.2) is 54.7 Å². The van der Waals surface area contributed by atoms with Gasteiger partial charge in [-0.05, 0) is 41.8 Å². The third-order valence-electron chi connectivity index (χ3n) is 4.63. The van der Waals surface area contributed by atoms with Crippen molar-refractivity contribution in [2.45, 2.75) is 26.1 Å². The number of halogens is 1. The fourth-order valence-corrected chi connectivity index (χ4v) is 3.18.